The number of hydrogen-bond donors (Lipinski definition) is 2. The monoisotopic (exact) mass is 333 g/mol. The summed E-state index contributed by atoms with van der Waals surface area (Å²) >= 11 is 5.96. The van der Waals surface area contributed by atoms with Crippen molar-refractivity contribution in [2.75, 3.05) is 7.11 Å². The van der Waals surface area contributed by atoms with E-state index < -0.39 is 10.0 Å². The molecule has 2 N–H and O–H groups in total. The van der Waals surface area contributed by atoms with Crippen LogP contribution in [-0.4, -0.2) is 26.2 Å². The van der Waals surface area contributed by atoms with Gasteiger partial charge in [0.25, 0.3) is 0 Å². The van der Waals surface area contributed by atoms with E-state index in [9.17, 15) is 13.5 Å². The number of nitrogens with one attached hydrogen (secondary N) is 1. The van der Waals surface area contributed by atoms with Gasteiger partial charge >= 0.3 is 0 Å². The summed E-state index contributed by atoms with van der Waals surface area (Å²) in [4.78, 5) is -0.0266. The van der Waals surface area contributed by atoms with E-state index in [4.69, 9.17) is 16.3 Å². The SMILES string of the molecule is CCC1(NS(=O)(=O)c2cc(Cl)cc(CO)c2OC)CCC1. The first-order valence-electron chi connectivity index (χ1n) is 6.89. The first-order chi connectivity index (χ1) is 9.87. The molecule has 0 radical (unpaired) electrons. The van der Waals surface area contributed by atoms with Crippen LogP contribution in [0.3, 0.4) is 0 Å². The predicted octanol–water partition coefficient (Wildman–Crippen LogP) is 2.45. The summed E-state index contributed by atoms with van der Waals surface area (Å²) in [6, 6.07) is 2.85. The van der Waals surface area contributed by atoms with Crippen LogP contribution in [0, 0.1) is 0 Å². The number of hydrogen-bond acceptors (Lipinski definition) is 4. The fourth-order valence-corrected chi connectivity index (χ4v) is 4.72. The molecule has 0 unspecified atom stereocenters. The van der Waals surface area contributed by atoms with Gasteiger partial charge in [-0.05, 0) is 37.8 Å². The van der Waals surface area contributed by atoms with Gasteiger partial charge in [-0.15, -0.1) is 0 Å². The van der Waals surface area contributed by atoms with Crippen LogP contribution in [0.25, 0.3) is 0 Å². The highest BCUT2D eigenvalue weighted by Crippen LogP contribution is 2.38. The Morgan fingerprint density at radius 1 is 1.43 bits per heavy atom. The number of aliphatic hydroxyl groups excluding tert-OH is 1. The summed E-state index contributed by atoms with van der Waals surface area (Å²) in [5.41, 5.74) is -0.0181. The molecule has 2 rings (SSSR count). The van der Waals surface area contributed by atoms with Crippen LogP contribution in [0.1, 0.15) is 38.2 Å². The Kier molecular flexibility index (Phi) is 4.82. The van der Waals surface area contributed by atoms with E-state index in [-0.39, 0.29) is 27.8 Å². The van der Waals surface area contributed by atoms with Gasteiger partial charge in [-0.1, -0.05) is 18.5 Å². The van der Waals surface area contributed by atoms with Crippen LogP contribution >= 0.6 is 11.6 Å². The number of sulfonamides is 1. The first-order valence-corrected chi connectivity index (χ1v) is 8.75. The molecule has 7 heteroatoms. The van der Waals surface area contributed by atoms with Crippen molar-refractivity contribution in [2.45, 2.75) is 49.6 Å². The molecule has 1 fully saturated rings. The number of methoxy groups -OCH3 is 1. The standard InChI is InChI=1S/C14H20ClNO4S/c1-3-14(5-4-6-14)16-21(18,19)12-8-11(15)7-10(9-17)13(12)20-2/h7-8,16-17H,3-6,9H2,1-2H3. The van der Waals surface area contributed by atoms with Gasteiger partial charge in [0.05, 0.1) is 13.7 Å². The van der Waals surface area contributed by atoms with Crippen LogP contribution < -0.4 is 9.46 Å². The van der Waals surface area contributed by atoms with Gasteiger partial charge in [-0.2, -0.15) is 0 Å². The normalized spacial score (nSPS) is 17.3. The Morgan fingerprint density at radius 2 is 2.10 bits per heavy atom. The van der Waals surface area contributed by atoms with E-state index in [1.165, 1.54) is 19.2 Å². The van der Waals surface area contributed by atoms with E-state index in [2.05, 4.69) is 4.72 Å². The van der Waals surface area contributed by atoms with Gasteiger partial charge in [0, 0.05) is 16.1 Å². The molecule has 0 aliphatic heterocycles. The number of rotatable bonds is 6. The fraction of sp³-hybridized carbons (Fsp3) is 0.571. The lowest BCUT2D eigenvalue weighted by Gasteiger charge is -2.41. The van der Waals surface area contributed by atoms with Crippen LogP contribution in [0.5, 0.6) is 5.75 Å². The molecular formula is C14H20ClNO4S. The van der Waals surface area contributed by atoms with Crippen molar-refractivity contribution >= 4 is 21.6 Å². The first kappa shape index (κ1) is 16.5. The largest absolute Gasteiger partial charge is 0.495 e. The summed E-state index contributed by atoms with van der Waals surface area (Å²) in [5, 5.41) is 9.60. The van der Waals surface area contributed by atoms with Crippen molar-refractivity contribution < 1.29 is 18.3 Å². The second-order valence-electron chi connectivity index (χ2n) is 5.35. The Morgan fingerprint density at radius 3 is 2.52 bits per heavy atom. The lowest BCUT2D eigenvalue weighted by Crippen LogP contribution is -2.52. The van der Waals surface area contributed by atoms with E-state index in [0.717, 1.165) is 25.7 Å². The van der Waals surface area contributed by atoms with Gasteiger partial charge in [0.1, 0.15) is 10.6 Å². The molecule has 5 nitrogen and oxygen atoms in total. The molecule has 0 saturated heterocycles. The molecule has 0 heterocycles. The van der Waals surface area contributed by atoms with Gasteiger partial charge < -0.3 is 9.84 Å². The highest BCUT2D eigenvalue weighted by atomic mass is 35.5. The maximum absolute atomic E-state index is 12.7. The lowest BCUT2D eigenvalue weighted by atomic mass is 9.76. The smallest absolute Gasteiger partial charge is 0.244 e. The molecule has 1 saturated carbocycles. The number of benzene rings is 1. The second kappa shape index (κ2) is 6.12. The number of ether oxygens (including phenoxy) is 1. The number of aliphatic hydroxyl groups is 1. The van der Waals surface area contributed by atoms with E-state index in [0.29, 0.717) is 5.56 Å². The molecule has 1 aromatic rings. The summed E-state index contributed by atoms with van der Waals surface area (Å²) in [7, 11) is -2.38. The molecule has 1 aliphatic carbocycles. The molecule has 0 aromatic heterocycles. The van der Waals surface area contributed by atoms with Gasteiger partial charge in [-0.3, -0.25) is 0 Å². The van der Waals surface area contributed by atoms with E-state index in [1.807, 2.05) is 6.92 Å². The Hall–Kier alpha value is -0.820. The highest BCUT2D eigenvalue weighted by molar-refractivity contribution is 7.89. The Balaban J connectivity index is 2.46. The highest BCUT2D eigenvalue weighted by Gasteiger charge is 2.40. The summed E-state index contributed by atoms with van der Waals surface area (Å²) in [6.45, 7) is 1.63. The third-order valence-electron chi connectivity index (χ3n) is 4.10. The third kappa shape index (κ3) is 3.18. The second-order valence-corrected chi connectivity index (χ2v) is 7.43. The summed E-state index contributed by atoms with van der Waals surface area (Å²) in [5.74, 6) is 0.139. The van der Waals surface area contributed by atoms with E-state index in [1.54, 1.807) is 0 Å². The summed E-state index contributed by atoms with van der Waals surface area (Å²) < 4.78 is 33.3. The number of halogens is 1. The molecule has 0 spiro atoms. The van der Waals surface area contributed by atoms with Crippen LogP contribution in [0.2, 0.25) is 5.02 Å². The zero-order valence-corrected chi connectivity index (χ0v) is 13.7. The third-order valence-corrected chi connectivity index (χ3v) is 5.90. The maximum atomic E-state index is 12.7. The average Bonchev–Trinajstić information content (AvgIpc) is 2.41. The average molecular weight is 334 g/mol. The molecule has 0 atom stereocenters. The van der Waals surface area contributed by atoms with Crippen molar-refractivity contribution in [1.29, 1.82) is 0 Å². The van der Waals surface area contributed by atoms with Crippen molar-refractivity contribution in [3.05, 3.63) is 22.7 Å². The predicted molar refractivity (Wildman–Crippen MR) is 81.1 cm³/mol. The van der Waals surface area contributed by atoms with Crippen molar-refractivity contribution in [1.82, 2.24) is 4.72 Å². The molecular weight excluding hydrogens is 314 g/mol. The molecule has 0 amide bonds. The quantitative estimate of drug-likeness (QED) is 0.838. The molecule has 0 bridgehead atoms. The minimum atomic E-state index is -3.76. The molecule has 1 aromatic carbocycles. The van der Waals surface area contributed by atoms with Gasteiger partial charge in [0.2, 0.25) is 10.0 Å². The Labute approximate surface area is 130 Å². The topological polar surface area (TPSA) is 75.6 Å². The molecule has 21 heavy (non-hydrogen) atoms. The van der Waals surface area contributed by atoms with Crippen molar-refractivity contribution in [3.8, 4) is 5.75 Å². The van der Waals surface area contributed by atoms with Gasteiger partial charge in [0.15, 0.2) is 0 Å². The molecule has 1 aliphatic rings. The van der Waals surface area contributed by atoms with Crippen LogP contribution in [0.4, 0.5) is 0 Å². The van der Waals surface area contributed by atoms with Crippen LogP contribution in [0.15, 0.2) is 17.0 Å². The van der Waals surface area contributed by atoms with Gasteiger partial charge in [-0.25, -0.2) is 13.1 Å². The lowest BCUT2D eigenvalue weighted by molar-refractivity contribution is 0.213. The minimum absolute atomic E-state index is 0.0266. The Bertz CT molecular complexity index is 621. The van der Waals surface area contributed by atoms with Crippen LogP contribution in [-0.2, 0) is 16.6 Å². The minimum Gasteiger partial charge on any atom is -0.495 e. The summed E-state index contributed by atoms with van der Waals surface area (Å²) in [6.07, 6.45) is 3.42. The zero-order chi connectivity index (χ0) is 15.7. The van der Waals surface area contributed by atoms with E-state index >= 15 is 0 Å². The zero-order valence-electron chi connectivity index (χ0n) is 12.1. The fourth-order valence-electron chi connectivity index (χ4n) is 2.64. The van der Waals surface area contributed by atoms with Crippen molar-refractivity contribution in [2.24, 2.45) is 0 Å². The maximum Gasteiger partial charge on any atom is 0.244 e. The molecule has 118 valence electrons. The van der Waals surface area contributed by atoms with Crippen molar-refractivity contribution in [3.63, 3.8) is 0 Å².